The van der Waals surface area contributed by atoms with E-state index >= 15 is 0 Å². The maximum Gasteiger partial charge on any atom is 0.184 e. The van der Waals surface area contributed by atoms with Crippen LogP contribution in [0.4, 0.5) is 0 Å². The molecule has 0 saturated carbocycles. The van der Waals surface area contributed by atoms with Gasteiger partial charge in [0.1, 0.15) is 24.4 Å². The van der Waals surface area contributed by atoms with E-state index in [1.54, 1.807) is 0 Å². The van der Waals surface area contributed by atoms with Gasteiger partial charge >= 0.3 is 0 Å². The van der Waals surface area contributed by atoms with Crippen molar-refractivity contribution < 1.29 is 29.9 Å². The monoisotopic (exact) mass is 430 g/mol. The van der Waals surface area contributed by atoms with Gasteiger partial charge in [0, 0.05) is 6.61 Å². The molecule has 0 radical (unpaired) electrons. The van der Waals surface area contributed by atoms with Crippen LogP contribution in [-0.4, -0.2) is 64.3 Å². The van der Waals surface area contributed by atoms with Crippen LogP contribution >= 0.6 is 0 Å². The van der Waals surface area contributed by atoms with E-state index in [0.29, 0.717) is 6.61 Å². The molecule has 1 aliphatic rings. The SMILES string of the molecule is CCCCCCCC/C=C\CCCCCCCCOC[C@H]1OC(O)[C@H](O)[C@@H](O)[C@@H]1O. The van der Waals surface area contributed by atoms with Crippen LogP contribution in [0.5, 0.6) is 0 Å². The highest BCUT2D eigenvalue weighted by Crippen LogP contribution is 2.20. The first kappa shape index (κ1) is 27.5. The predicted molar refractivity (Wildman–Crippen MR) is 119 cm³/mol. The Balaban J connectivity index is 1.84. The summed E-state index contributed by atoms with van der Waals surface area (Å²) < 4.78 is 10.6. The Kier molecular flexibility index (Phi) is 16.6. The Morgan fingerprint density at radius 1 is 0.667 bits per heavy atom. The molecule has 1 aliphatic heterocycles. The van der Waals surface area contributed by atoms with Crippen LogP contribution in [0.3, 0.4) is 0 Å². The standard InChI is InChI=1S/C24H46O6/c1-2-3-4-5-6-7-8-9-10-11-12-13-14-15-16-17-18-29-19-20-21(25)22(26)23(27)24(28)30-20/h9-10,20-28H,2-8,11-19H2,1H3/b10-9-/t20-,21-,22+,23-,24?/m1/s1. The second kappa shape index (κ2) is 18.1. The van der Waals surface area contributed by atoms with Gasteiger partial charge in [0.15, 0.2) is 6.29 Å². The molecule has 1 rings (SSSR count). The third-order valence-electron chi connectivity index (χ3n) is 5.77. The molecule has 6 nitrogen and oxygen atoms in total. The van der Waals surface area contributed by atoms with Crippen molar-refractivity contribution in [2.45, 2.75) is 128 Å². The minimum atomic E-state index is -1.50. The van der Waals surface area contributed by atoms with Crippen LogP contribution in [0.15, 0.2) is 12.2 Å². The lowest BCUT2D eigenvalue weighted by Crippen LogP contribution is -2.58. The van der Waals surface area contributed by atoms with Crippen LogP contribution in [0, 0.1) is 0 Å². The Hall–Kier alpha value is -0.500. The highest BCUT2D eigenvalue weighted by atomic mass is 16.6. The van der Waals surface area contributed by atoms with Crippen molar-refractivity contribution in [3.63, 3.8) is 0 Å². The molecule has 0 amide bonds. The number of ether oxygens (including phenoxy) is 2. The normalized spacial score (nSPS) is 27.2. The van der Waals surface area contributed by atoms with Crippen molar-refractivity contribution in [1.82, 2.24) is 0 Å². The fourth-order valence-electron chi connectivity index (χ4n) is 3.72. The fourth-order valence-corrected chi connectivity index (χ4v) is 3.72. The van der Waals surface area contributed by atoms with Crippen molar-refractivity contribution >= 4 is 0 Å². The smallest absolute Gasteiger partial charge is 0.184 e. The molecule has 5 atom stereocenters. The molecule has 0 aromatic rings. The Labute approximate surface area is 183 Å². The Morgan fingerprint density at radius 2 is 1.20 bits per heavy atom. The second-order valence-corrected chi connectivity index (χ2v) is 8.55. The quantitative estimate of drug-likeness (QED) is 0.195. The zero-order valence-electron chi connectivity index (χ0n) is 19.0. The second-order valence-electron chi connectivity index (χ2n) is 8.55. The molecule has 1 fully saturated rings. The molecule has 0 bridgehead atoms. The minimum Gasteiger partial charge on any atom is -0.387 e. The average Bonchev–Trinajstić information content (AvgIpc) is 2.74. The largest absolute Gasteiger partial charge is 0.387 e. The maximum atomic E-state index is 9.84. The van der Waals surface area contributed by atoms with Crippen LogP contribution in [0.2, 0.25) is 0 Å². The lowest BCUT2D eigenvalue weighted by atomic mass is 9.99. The molecule has 4 N–H and O–H groups in total. The van der Waals surface area contributed by atoms with Crippen LogP contribution in [-0.2, 0) is 9.47 Å². The number of rotatable bonds is 18. The van der Waals surface area contributed by atoms with Gasteiger partial charge in [-0.25, -0.2) is 0 Å². The minimum absolute atomic E-state index is 0.0904. The van der Waals surface area contributed by atoms with Crippen molar-refractivity contribution in [2.75, 3.05) is 13.2 Å². The fraction of sp³-hybridized carbons (Fsp3) is 0.917. The summed E-state index contributed by atoms with van der Waals surface area (Å²) in [5.74, 6) is 0. The predicted octanol–water partition coefficient (Wildman–Crippen LogP) is 3.84. The molecule has 0 aromatic carbocycles. The summed E-state index contributed by atoms with van der Waals surface area (Å²) in [6, 6.07) is 0. The van der Waals surface area contributed by atoms with Crippen LogP contribution in [0.1, 0.15) is 96.8 Å². The van der Waals surface area contributed by atoms with E-state index in [2.05, 4.69) is 19.1 Å². The molecule has 0 aromatic heterocycles. The van der Waals surface area contributed by atoms with Gasteiger partial charge in [0.05, 0.1) is 6.61 Å². The third kappa shape index (κ3) is 12.4. The molecule has 6 heteroatoms. The lowest BCUT2D eigenvalue weighted by Gasteiger charge is -2.38. The molecule has 1 heterocycles. The van der Waals surface area contributed by atoms with Gasteiger partial charge in [0.25, 0.3) is 0 Å². The first-order chi connectivity index (χ1) is 14.6. The first-order valence-electron chi connectivity index (χ1n) is 12.2. The van der Waals surface area contributed by atoms with Crippen LogP contribution in [0.25, 0.3) is 0 Å². The summed E-state index contributed by atoms with van der Waals surface area (Å²) in [5, 5.41) is 38.4. The molecule has 0 spiro atoms. The summed E-state index contributed by atoms with van der Waals surface area (Å²) in [4.78, 5) is 0. The van der Waals surface area contributed by atoms with Gasteiger partial charge in [-0.3, -0.25) is 0 Å². The average molecular weight is 431 g/mol. The zero-order chi connectivity index (χ0) is 22.0. The Bertz CT molecular complexity index is 417. The third-order valence-corrected chi connectivity index (χ3v) is 5.77. The van der Waals surface area contributed by atoms with Gasteiger partial charge in [-0.15, -0.1) is 0 Å². The van der Waals surface area contributed by atoms with Gasteiger partial charge in [-0.1, -0.05) is 76.9 Å². The lowest BCUT2D eigenvalue weighted by molar-refractivity contribution is -0.288. The number of hydrogen-bond donors (Lipinski definition) is 4. The van der Waals surface area contributed by atoms with Gasteiger partial charge in [-0.05, 0) is 32.1 Å². The van der Waals surface area contributed by atoms with E-state index < -0.39 is 30.7 Å². The maximum absolute atomic E-state index is 9.84. The van der Waals surface area contributed by atoms with E-state index in [9.17, 15) is 20.4 Å². The van der Waals surface area contributed by atoms with E-state index in [4.69, 9.17) is 9.47 Å². The summed E-state index contributed by atoms with van der Waals surface area (Å²) in [6.07, 6.45) is 15.8. The van der Waals surface area contributed by atoms with Crippen molar-refractivity contribution in [2.24, 2.45) is 0 Å². The zero-order valence-corrected chi connectivity index (χ0v) is 19.0. The van der Waals surface area contributed by atoms with Gasteiger partial charge in [0.2, 0.25) is 0 Å². The summed E-state index contributed by atoms with van der Waals surface area (Å²) in [6.45, 7) is 2.91. The molecular formula is C24H46O6. The van der Waals surface area contributed by atoms with Crippen LogP contribution < -0.4 is 0 Å². The summed E-state index contributed by atoms with van der Waals surface area (Å²) in [5.41, 5.74) is 0. The molecule has 30 heavy (non-hydrogen) atoms. The number of unbranched alkanes of at least 4 members (excludes halogenated alkanes) is 12. The molecule has 1 saturated heterocycles. The molecular weight excluding hydrogens is 384 g/mol. The Morgan fingerprint density at radius 3 is 1.80 bits per heavy atom. The topological polar surface area (TPSA) is 99.4 Å². The molecule has 0 aliphatic carbocycles. The van der Waals surface area contributed by atoms with E-state index in [-0.39, 0.29) is 6.61 Å². The van der Waals surface area contributed by atoms with Crippen molar-refractivity contribution in [3.05, 3.63) is 12.2 Å². The summed E-state index contributed by atoms with van der Waals surface area (Å²) >= 11 is 0. The van der Waals surface area contributed by atoms with Gasteiger partial charge in [-0.2, -0.15) is 0 Å². The van der Waals surface area contributed by atoms with Gasteiger partial charge < -0.3 is 29.9 Å². The van der Waals surface area contributed by atoms with E-state index in [1.165, 1.54) is 77.0 Å². The number of hydrogen-bond acceptors (Lipinski definition) is 6. The highest BCUT2D eigenvalue weighted by molar-refractivity contribution is 4.88. The molecule has 1 unspecified atom stereocenters. The van der Waals surface area contributed by atoms with Crippen molar-refractivity contribution in [3.8, 4) is 0 Å². The highest BCUT2D eigenvalue weighted by Gasteiger charge is 2.42. The van der Waals surface area contributed by atoms with Crippen molar-refractivity contribution in [1.29, 1.82) is 0 Å². The first-order valence-corrected chi connectivity index (χ1v) is 12.2. The number of allylic oxidation sites excluding steroid dienone is 2. The van der Waals surface area contributed by atoms with E-state index in [1.807, 2.05) is 0 Å². The molecule has 178 valence electrons. The number of aliphatic hydroxyl groups excluding tert-OH is 4. The van der Waals surface area contributed by atoms with E-state index in [0.717, 1.165) is 12.8 Å². The summed E-state index contributed by atoms with van der Waals surface area (Å²) in [7, 11) is 0. The number of aliphatic hydroxyl groups is 4.